The number of aromatic nitrogens is 1. The maximum absolute atomic E-state index is 8.94. The van der Waals surface area contributed by atoms with Crippen molar-refractivity contribution >= 4 is 0 Å². The van der Waals surface area contributed by atoms with Crippen LogP contribution in [0.15, 0.2) is 18.3 Å². The van der Waals surface area contributed by atoms with Crippen molar-refractivity contribution in [2.45, 2.75) is 0 Å². The highest BCUT2D eigenvalue weighted by Crippen LogP contribution is 2.01. The molecule has 1 aromatic heterocycles. The number of ether oxygens (including phenoxy) is 1. The molecule has 0 aromatic carbocycles. The molecule has 1 heterocycles. The number of hydrogen-bond acceptors (Lipinski definition) is 3. The van der Waals surface area contributed by atoms with Crippen LogP contribution in [-0.4, -0.2) is 17.0 Å². The highest BCUT2D eigenvalue weighted by atomic mass is 16.5. The van der Waals surface area contributed by atoms with Crippen molar-refractivity contribution in [3.63, 3.8) is 0 Å². The second-order valence-electron chi connectivity index (χ2n) is 1.80. The number of methoxy groups -OCH3 is 1. The SMILES string of the molecule is COc1cc(=N)ccn1O. The maximum Gasteiger partial charge on any atom is 0.228 e. The van der Waals surface area contributed by atoms with E-state index >= 15 is 0 Å². The summed E-state index contributed by atoms with van der Waals surface area (Å²) in [6, 6.07) is 2.88. The van der Waals surface area contributed by atoms with Gasteiger partial charge in [-0.15, -0.1) is 0 Å². The number of pyridine rings is 1. The van der Waals surface area contributed by atoms with Crippen LogP contribution in [0.5, 0.6) is 5.88 Å². The van der Waals surface area contributed by atoms with Crippen molar-refractivity contribution in [2.75, 3.05) is 7.11 Å². The van der Waals surface area contributed by atoms with E-state index in [0.717, 1.165) is 4.73 Å². The molecule has 0 radical (unpaired) electrons. The summed E-state index contributed by atoms with van der Waals surface area (Å²) in [6.45, 7) is 0. The quantitative estimate of drug-likeness (QED) is 0.548. The monoisotopic (exact) mass is 140 g/mol. The topological polar surface area (TPSA) is 58.2 Å². The molecule has 2 N–H and O–H groups in total. The molecule has 0 fully saturated rings. The third-order valence-electron chi connectivity index (χ3n) is 1.11. The minimum atomic E-state index is 0.257. The molecule has 4 nitrogen and oxygen atoms in total. The van der Waals surface area contributed by atoms with Crippen LogP contribution in [0.1, 0.15) is 0 Å². The van der Waals surface area contributed by atoms with E-state index in [-0.39, 0.29) is 5.88 Å². The predicted octanol–water partition coefficient (Wildman–Crippen LogP) is 0.213. The highest BCUT2D eigenvalue weighted by Gasteiger charge is 1.93. The van der Waals surface area contributed by atoms with Crippen LogP contribution >= 0.6 is 0 Å². The molecule has 10 heavy (non-hydrogen) atoms. The Kier molecular flexibility index (Phi) is 1.62. The summed E-state index contributed by atoms with van der Waals surface area (Å²) in [5.74, 6) is 0.257. The van der Waals surface area contributed by atoms with Crippen LogP contribution < -0.4 is 10.1 Å². The summed E-state index contributed by atoms with van der Waals surface area (Å²) in [5.41, 5.74) is 0. The Labute approximate surface area is 57.8 Å². The van der Waals surface area contributed by atoms with E-state index < -0.39 is 0 Å². The van der Waals surface area contributed by atoms with Gasteiger partial charge in [0.05, 0.1) is 12.5 Å². The number of nitrogens with one attached hydrogen (secondary N) is 1. The molecule has 1 aromatic rings. The van der Waals surface area contributed by atoms with Gasteiger partial charge >= 0.3 is 0 Å². The molecule has 0 aliphatic rings. The van der Waals surface area contributed by atoms with Gasteiger partial charge in [-0.25, -0.2) is 0 Å². The van der Waals surface area contributed by atoms with Gasteiger partial charge in [-0.3, -0.25) is 0 Å². The normalized spacial score (nSPS) is 9.30. The smallest absolute Gasteiger partial charge is 0.228 e. The van der Waals surface area contributed by atoms with Crippen molar-refractivity contribution < 1.29 is 9.94 Å². The Morgan fingerprint density at radius 3 is 2.90 bits per heavy atom. The van der Waals surface area contributed by atoms with Crippen molar-refractivity contribution in [3.8, 4) is 5.88 Å². The van der Waals surface area contributed by atoms with E-state index in [0.29, 0.717) is 5.36 Å². The molecule has 0 bridgehead atoms. The average Bonchev–Trinajstić information content (AvgIpc) is 1.94. The first-order chi connectivity index (χ1) is 4.74. The Morgan fingerprint density at radius 1 is 1.70 bits per heavy atom. The molecule has 0 spiro atoms. The summed E-state index contributed by atoms with van der Waals surface area (Å²) >= 11 is 0. The Morgan fingerprint density at radius 2 is 2.40 bits per heavy atom. The van der Waals surface area contributed by atoms with Crippen LogP contribution in [0.4, 0.5) is 0 Å². The van der Waals surface area contributed by atoms with Crippen LogP contribution in [-0.2, 0) is 0 Å². The molecule has 0 saturated heterocycles. The minimum absolute atomic E-state index is 0.257. The third-order valence-corrected chi connectivity index (χ3v) is 1.11. The standard InChI is InChI=1S/C6H8N2O2/c1-10-6-4-5(7)2-3-8(6)9/h2-4,7,9H,1H3. The fourth-order valence-corrected chi connectivity index (χ4v) is 0.624. The Bertz CT molecular complexity index is 279. The maximum atomic E-state index is 8.94. The van der Waals surface area contributed by atoms with Gasteiger partial charge in [0.15, 0.2) is 0 Å². The van der Waals surface area contributed by atoms with Gasteiger partial charge in [0.2, 0.25) is 5.88 Å². The average molecular weight is 140 g/mol. The fraction of sp³-hybridized carbons (Fsp3) is 0.167. The first kappa shape index (κ1) is 6.67. The lowest BCUT2D eigenvalue weighted by Gasteiger charge is -2.02. The minimum Gasteiger partial charge on any atom is -0.480 e. The van der Waals surface area contributed by atoms with Gasteiger partial charge in [-0.2, -0.15) is 4.73 Å². The van der Waals surface area contributed by atoms with Gasteiger partial charge in [-0.05, 0) is 6.07 Å². The first-order valence-electron chi connectivity index (χ1n) is 2.74. The van der Waals surface area contributed by atoms with E-state index in [1.807, 2.05) is 0 Å². The molecule has 1 rings (SSSR count). The summed E-state index contributed by atoms with van der Waals surface area (Å²) in [6.07, 6.45) is 1.35. The number of nitrogens with zero attached hydrogens (tertiary/aromatic N) is 1. The lowest BCUT2D eigenvalue weighted by molar-refractivity contribution is 0.149. The molecule has 0 unspecified atom stereocenters. The number of rotatable bonds is 1. The molecule has 4 heteroatoms. The van der Waals surface area contributed by atoms with Crippen LogP contribution in [0, 0.1) is 5.41 Å². The molecule has 0 aliphatic heterocycles. The zero-order valence-electron chi connectivity index (χ0n) is 5.53. The van der Waals surface area contributed by atoms with Gasteiger partial charge in [0.25, 0.3) is 0 Å². The van der Waals surface area contributed by atoms with E-state index in [4.69, 9.17) is 15.4 Å². The Balaban J connectivity index is 3.22. The van der Waals surface area contributed by atoms with E-state index in [1.165, 1.54) is 25.4 Å². The molecular weight excluding hydrogens is 132 g/mol. The molecule has 0 atom stereocenters. The van der Waals surface area contributed by atoms with E-state index in [1.54, 1.807) is 0 Å². The van der Waals surface area contributed by atoms with Gasteiger partial charge in [0, 0.05) is 12.3 Å². The van der Waals surface area contributed by atoms with Crippen LogP contribution in [0.25, 0.3) is 0 Å². The summed E-state index contributed by atoms with van der Waals surface area (Å²) in [7, 11) is 1.43. The second kappa shape index (κ2) is 2.43. The summed E-state index contributed by atoms with van der Waals surface area (Å²) in [4.78, 5) is 0. The highest BCUT2D eigenvalue weighted by molar-refractivity contribution is 5.09. The van der Waals surface area contributed by atoms with Crippen molar-refractivity contribution in [2.24, 2.45) is 0 Å². The van der Waals surface area contributed by atoms with Gasteiger partial charge in [0.1, 0.15) is 0 Å². The van der Waals surface area contributed by atoms with E-state index in [2.05, 4.69) is 0 Å². The third kappa shape index (κ3) is 1.10. The predicted molar refractivity (Wildman–Crippen MR) is 34.0 cm³/mol. The first-order valence-corrected chi connectivity index (χ1v) is 2.74. The van der Waals surface area contributed by atoms with Crippen LogP contribution in [0.3, 0.4) is 0 Å². The fourth-order valence-electron chi connectivity index (χ4n) is 0.624. The molecular formula is C6H8N2O2. The van der Waals surface area contributed by atoms with Crippen molar-refractivity contribution in [1.29, 1.82) is 5.41 Å². The lowest BCUT2D eigenvalue weighted by Crippen LogP contribution is -2.05. The molecule has 0 aliphatic carbocycles. The van der Waals surface area contributed by atoms with Crippen molar-refractivity contribution in [3.05, 3.63) is 23.7 Å². The van der Waals surface area contributed by atoms with Crippen molar-refractivity contribution in [1.82, 2.24) is 4.73 Å². The zero-order valence-corrected chi connectivity index (χ0v) is 5.53. The largest absolute Gasteiger partial charge is 0.480 e. The summed E-state index contributed by atoms with van der Waals surface area (Å²) < 4.78 is 5.54. The van der Waals surface area contributed by atoms with Gasteiger partial charge < -0.3 is 15.4 Å². The second-order valence-corrected chi connectivity index (χ2v) is 1.80. The summed E-state index contributed by atoms with van der Waals surface area (Å²) in [5, 5.41) is 16.4. The lowest BCUT2D eigenvalue weighted by atomic mass is 10.4. The molecule has 0 saturated carbocycles. The molecule has 54 valence electrons. The van der Waals surface area contributed by atoms with Gasteiger partial charge in [-0.1, -0.05) is 0 Å². The van der Waals surface area contributed by atoms with E-state index in [9.17, 15) is 0 Å². The zero-order chi connectivity index (χ0) is 7.56. The Hall–Kier alpha value is -1.45. The number of hydrogen-bond donors (Lipinski definition) is 2. The van der Waals surface area contributed by atoms with Crippen LogP contribution in [0.2, 0.25) is 0 Å². The molecule has 0 amide bonds.